The number of fused-ring (bicyclic) bond motifs is 13. The van der Waals surface area contributed by atoms with Crippen molar-refractivity contribution in [3.8, 4) is 17.2 Å². The number of anilines is 1. The van der Waals surface area contributed by atoms with Crippen LogP contribution in [0.5, 0.6) is 17.2 Å². The summed E-state index contributed by atoms with van der Waals surface area (Å²) in [6.45, 7) is 23.2. The van der Waals surface area contributed by atoms with Gasteiger partial charge in [-0.25, -0.2) is 0 Å². The summed E-state index contributed by atoms with van der Waals surface area (Å²) in [7, 11) is 1.47. The molecule has 3 saturated heterocycles. The number of phenolic OH excluding ortho intramolecular Hbond substituents is 2. The predicted molar refractivity (Wildman–Crippen MR) is 291 cm³/mol. The zero-order chi connectivity index (χ0) is 55.8. The van der Waals surface area contributed by atoms with E-state index in [0.717, 1.165) is 32.5 Å². The number of likely N-dealkylation sites (tertiary alicyclic amines) is 3. The van der Waals surface area contributed by atoms with Crippen LogP contribution in [-0.4, -0.2) is 154 Å². The first kappa shape index (κ1) is 57.8. The average Bonchev–Trinajstić information content (AvgIpc) is 4.16. The molecule has 77 heavy (non-hydrogen) atoms. The number of hydrogen-bond acceptors (Lipinski definition) is 16. The van der Waals surface area contributed by atoms with E-state index in [1.807, 2.05) is 0 Å². The van der Waals surface area contributed by atoms with Gasteiger partial charge in [0.1, 0.15) is 34.6 Å². The Morgan fingerprint density at radius 1 is 0.870 bits per heavy atom. The molecule has 5 bridgehead atoms. The molecule has 2 amide bonds. The number of nitrogens with one attached hydrogen (secondary N) is 1. The van der Waals surface area contributed by atoms with Gasteiger partial charge in [-0.3, -0.25) is 29.2 Å². The summed E-state index contributed by atoms with van der Waals surface area (Å²) in [5.41, 5.74) is -0.668. The molecule has 10 atom stereocenters. The van der Waals surface area contributed by atoms with Crippen LogP contribution >= 0.6 is 0 Å². The zero-order valence-corrected chi connectivity index (χ0v) is 47.1. The number of amides is 2. The molecule has 2 aromatic carbocycles. The van der Waals surface area contributed by atoms with E-state index in [9.17, 15) is 34.8 Å². The summed E-state index contributed by atoms with van der Waals surface area (Å²) in [5, 5.41) is 51.4. The second-order valence-corrected chi connectivity index (χ2v) is 23.4. The molecule has 3 fully saturated rings. The van der Waals surface area contributed by atoms with Crippen LogP contribution in [0.1, 0.15) is 130 Å². The van der Waals surface area contributed by atoms with E-state index in [2.05, 4.69) is 29.0 Å². The maximum absolute atomic E-state index is 15.0. The number of phenols is 2. The standard InChI is InChI=1S/C59H84N6O12/c1-12-40(56(72)65-26-19-39(20-27-65)64-24-14-13-15-25-64)57(73)76-52-35(6)41(74-11)21-30-75-58(10)54(70)44-42-43(50(68)38(9)53(44)77-58)51(69)47(46-45(42)61-59(62-46)22-28-63(29-23-59)31-32(2)3)60-55(71)34(5)18-16-17-33(4)48(66)36(7)49(67)37(52)8/h16-18,21,30,32-33,35-37,39-41,48-49,52,66-69H,12-15,19-20,22-29,31H2,1-11H3,(H,60,71)/b17-16+,30-21+,34-18-/t33-,35+,36+,37+,40?,41-,48-,49+,52+,58-/m0/s1. The summed E-state index contributed by atoms with van der Waals surface area (Å²) in [6, 6.07) is 0.407. The Morgan fingerprint density at radius 3 is 2.17 bits per heavy atom. The molecule has 422 valence electrons. The Morgan fingerprint density at radius 2 is 1.53 bits per heavy atom. The molecule has 7 aliphatic heterocycles. The molecule has 0 aromatic heterocycles. The number of aromatic hydroxyl groups is 2. The van der Waals surface area contributed by atoms with Crippen molar-refractivity contribution in [3.05, 3.63) is 58.0 Å². The largest absolute Gasteiger partial charge is 0.507 e. The molecule has 1 unspecified atom stereocenters. The fraction of sp³-hybridized carbons (Fsp3) is 0.661. The third-order valence-electron chi connectivity index (χ3n) is 17.5. The van der Waals surface area contributed by atoms with Crippen LogP contribution in [0.2, 0.25) is 0 Å². The molecule has 9 rings (SSSR count). The van der Waals surface area contributed by atoms with E-state index in [1.54, 1.807) is 77.7 Å². The first-order valence-corrected chi connectivity index (χ1v) is 28.2. The third kappa shape index (κ3) is 11.4. The van der Waals surface area contributed by atoms with Crippen molar-refractivity contribution in [1.82, 2.24) is 14.7 Å². The first-order chi connectivity index (χ1) is 36.5. The maximum Gasteiger partial charge on any atom is 0.318 e. The molecule has 18 heteroatoms. The second kappa shape index (κ2) is 23.5. The van der Waals surface area contributed by atoms with Crippen molar-refractivity contribution >= 4 is 40.0 Å². The van der Waals surface area contributed by atoms with Crippen molar-refractivity contribution in [2.75, 3.05) is 58.2 Å². The number of ether oxygens (including phenoxy) is 4. The number of carbonyl (C=O) groups excluding carboxylic acids is 4. The van der Waals surface area contributed by atoms with Crippen LogP contribution in [0.4, 0.5) is 5.69 Å². The number of aliphatic hydroxyl groups excluding tert-OH is 2. The van der Waals surface area contributed by atoms with Crippen LogP contribution in [0.15, 0.2) is 46.1 Å². The summed E-state index contributed by atoms with van der Waals surface area (Å²) in [4.78, 5) is 74.9. The van der Waals surface area contributed by atoms with E-state index in [4.69, 9.17) is 28.9 Å². The van der Waals surface area contributed by atoms with E-state index < -0.39 is 88.9 Å². The topological polar surface area (TPSA) is 233 Å². The Kier molecular flexibility index (Phi) is 17.6. The number of esters is 1. The molecule has 7 heterocycles. The Hall–Kier alpha value is -5.40. The maximum atomic E-state index is 15.0. The van der Waals surface area contributed by atoms with Gasteiger partial charge >= 0.3 is 11.8 Å². The molecule has 7 aliphatic rings. The number of ketones is 1. The van der Waals surface area contributed by atoms with Crippen LogP contribution in [0.25, 0.3) is 10.8 Å². The number of piperidine rings is 3. The van der Waals surface area contributed by atoms with Crippen molar-refractivity contribution in [3.63, 3.8) is 0 Å². The van der Waals surface area contributed by atoms with Crippen LogP contribution < -0.4 is 20.8 Å². The lowest BCUT2D eigenvalue weighted by Crippen LogP contribution is -2.51. The molecule has 0 radical (unpaired) electrons. The van der Waals surface area contributed by atoms with Gasteiger partial charge in [-0.15, -0.1) is 0 Å². The average molecular weight is 1070 g/mol. The Labute approximate surface area is 453 Å². The van der Waals surface area contributed by atoms with Crippen molar-refractivity contribution < 1.29 is 58.6 Å². The lowest BCUT2D eigenvalue weighted by atomic mass is 9.78. The SMILES string of the molecule is CCC(C(=O)O[C@H]1[C@H](C)[C@H](O)[C@H](C)[C@@H](O)[C@@H](C)/C=C/C=C(/C)C(=O)Nc2c(O)c3c(O)c(C)c4c(c3c3c2=NC2(CCN(CC(C)C)CC2)N=3)C(=O)[C@@](C)(O/C=C/[C@H](OC)[C@H]1C)O4)C(=O)N1CCC(N2CCCCC2)CC1. The number of Topliss-reactive ketones (excluding diaryl/α,β-unsaturated/α-hetero) is 1. The normalized spacial score (nSPS) is 31.7. The first-order valence-electron chi connectivity index (χ1n) is 28.2. The monoisotopic (exact) mass is 1070 g/mol. The summed E-state index contributed by atoms with van der Waals surface area (Å²) in [5.74, 6) is -8.61. The molecular weight excluding hydrogens is 985 g/mol. The zero-order valence-electron chi connectivity index (χ0n) is 47.1. The van der Waals surface area contributed by atoms with Gasteiger partial charge in [-0.05, 0) is 71.0 Å². The third-order valence-corrected chi connectivity index (χ3v) is 17.5. The van der Waals surface area contributed by atoms with E-state index in [-0.39, 0.29) is 67.7 Å². The minimum absolute atomic E-state index is 0.0165. The number of rotatable bonds is 8. The van der Waals surface area contributed by atoms with Crippen molar-refractivity contribution in [2.24, 2.45) is 45.5 Å². The quantitative estimate of drug-likeness (QED) is 0.112. The van der Waals surface area contributed by atoms with Crippen LogP contribution in [0.3, 0.4) is 0 Å². The number of aliphatic hydroxyl groups is 2. The second-order valence-electron chi connectivity index (χ2n) is 23.4. The van der Waals surface area contributed by atoms with Crippen molar-refractivity contribution in [1.29, 1.82) is 0 Å². The number of nitrogens with zero attached hydrogens (tertiary/aromatic N) is 5. The smallest absolute Gasteiger partial charge is 0.318 e. The molecule has 2 aromatic rings. The van der Waals surface area contributed by atoms with Gasteiger partial charge in [0, 0.05) is 106 Å². The number of allylic oxidation sites excluding steroid dienone is 2. The van der Waals surface area contributed by atoms with E-state index in [1.165, 1.54) is 39.6 Å². The molecule has 5 N–H and O–H groups in total. The van der Waals surface area contributed by atoms with Crippen molar-refractivity contribution in [2.45, 2.75) is 163 Å². The summed E-state index contributed by atoms with van der Waals surface area (Å²) >= 11 is 0. The van der Waals surface area contributed by atoms with Gasteiger partial charge in [0.15, 0.2) is 11.4 Å². The highest BCUT2D eigenvalue weighted by Gasteiger charge is 2.51. The molecule has 1 spiro atoms. The number of hydrogen-bond donors (Lipinski definition) is 5. The molecular formula is C59H84N6O12. The Bertz CT molecular complexity index is 2790. The van der Waals surface area contributed by atoms with Crippen LogP contribution in [-0.2, 0) is 28.6 Å². The number of carbonyl (C=O) groups is 4. The molecule has 0 aliphatic carbocycles. The minimum atomic E-state index is -2.02. The number of methoxy groups -OCH3 is 1. The predicted octanol–water partition coefficient (Wildman–Crippen LogP) is 6.23. The lowest BCUT2D eigenvalue weighted by molar-refractivity contribution is -0.172. The van der Waals surface area contributed by atoms with Gasteiger partial charge in [-0.2, -0.15) is 0 Å². The highest BCUT2D eigenvalue weighted by molar-refractivity contribution is 6.19. The van der Waals surface area contributed by atoms with E-state index >= 15 is 4.79 Å². The van der Waals surface area contributed by atoms with Gasteiger partial charge in [-0.1, -0.05) is 73.1 Å². The van der Waals surface area contributed by atoms with Gasteiger partial charge in [0.05, 0.1) is 40.9 Å². The fourth-order valence-electron chi connectivity index (χ4n) is 12.6. The Balaban J connectivity index is 1.16. The molecule has 0 saturated carbocycles. The highest BCUT2D eigenvalue weighted by atomic mass is 16.7. The summed E-state index contributed by atoms with van der Waals surface area (Å²) in [6.07, 6.45) is 9.97. The minimum Gasteiger partial charge on any atom is -0.507 e. The summed E-state index contributed by atoms with van der Waals surface area (Å²) < 4.78 is 25.1. The number of benzene rings is 2. The van der Waals surface area contributed by atoms with Gasteiger partial charge in [0.2, 0.25) is 5.91 Å². The van der Waals surface area contributed by atoms with Gasteiger partial charge < -0.3 is 59.4 Å². The molecule has 18 nitrogen and oxygen atoms in total. The highest BCUT2D eigenvalue weighted by Crippen LogP contribution is 2.50. The van der Waals surface area contributed by atoms with Gasteiger partial charge in [0.25, 0.3) is 11.7 Å². The lowest BCUT2D eigenvalue weighted by Gasteiger charge is -2.41. The van der Waals surface area contributed by atoms with E-state index in [0.29, 0.717) is 51.0 Å². The fourth-order valence-corrected chi connectivity index (χ4v) is 12.6. The van der Waals surface area contributed by atoms with Crippen LogP contribution in [0, 0.1) is 42.4 Å².